The summed E-state index contributed by atoms with van der Waals surface area (Å²) in [7, 11) is 0. The summed E-state index contributed by atoms with van der Waals surface area (Å²) in [5, 5.41) is 12.7. The van der Waals surface area contributed by atoms with Crippen molar-refractivity contribution in [1.82, 2.24) is 9.88 Å². The normalized spacial score (nSPS) is 21.3. The van der Waals surface area contributed by atoms with E-state index in [9.17, 15) is 4.79 Å². The Bertz CT molecular complexity index is 1070. The van der Waals surface area contributed by atoms with Crippen molar-refractivity contribution in [1.29, 1.82) is 5.26 Å². The van der Waals surface area contributed by atoms with Gasteiger partial charge in [0, 0.05) is 39.3 Å². The maximum atomic E-state index is 15.0. The second kappa shape index (κ2) is 7.78. The van der Waals surface area contributed by atoms with Crippen molar-refractivity contribution in [3.63, 3.8) is 0 Å². The van der Waals surface area contributed by atoms with Crippen molar-refractivity contribution in [2.24, 2.45) is 10.9 Å². The summed E-state index contributed by atoms with van der Waals surface area (Å²) in [5.74, 6) is -0.711. The molecular formula is C21H21FN6OS. The zero-order chi connectivity index (χ0) is 20.7. The molecule has 0 saturated carbocycles. The Morgan fingerprint density at radius 3 is 2.90 bits per heavy atom. The van der Waals surface area contributed by atoms with Crippen LogP contribution in [0.5, 0.6) is 0 Å². The SMILES string of the molecule is N#Cc1cnc(N2CCN(Cc3cc(F)c4c(c3)NC(=O)C3CCCN=C43)CC2)s1. The van der Waals surface area contributed by atoms with E-state index in [-0.39, 0.29) is 17.6 Å². The number of hydrogen-bond donors (Lipinski definition) is 1. The number of fused-ring (bicyclic) bond motifs is 3. The first kappa shape index (κ1) is 19.2. The second-order valence-electron chi connectivity index (χ2n) is 7.83. The highest BCUT2D eigenvalue weighted by Crippen LogP contribution is 2.34. The minimum Gasteiger partial charge on any atom is -0.345 e. The van der Waals surface area contributed by atoms with Gasteiger partial charge in [-0.1, -0.05) is 11.3 Å². The lowest BCUT2D eigenvalue weighted by Gasteiger charge is -2.35. The van der Waals surface area contributed by atoms with E-state index in [0.717, 1.165) is 49.7 Å². The molecule has 154 valence electrons. The number of aliphatic imine (C=N–C) groups is 1. The lowest BCUT2D eigenvalue weighted by molar-refractivity contribution is -0.118. The third-order valence-electron chi connectivity index (χ3n) is 5.90. The lowest BCUT2D eigenvalue weighted by Crippen LogP contribution is -2.46. The van der Waals surface area contributed by atoms with E-state index in [2.05, 4.69) is 31.2 Å². The topological polar surface area (TPSA) is 84.6 Å². The van der Waals surface area contributed by atoms with Crippen LogP contribution in [0.3, 0.4) is 0 Å². The van der Waals surface area contributed by atoms with Gasteiger partial charge in [-0.15, -0.1) is 0 Å². The molecule has 1 amide bonds. The number of nitrogens with one attached hydrogen (secondary N) is 1. The summed E-state index contributed by atoms with van der Waals surface area (Å²) in [6.07, 6.45) is 3.20. The van der Waals surface area contributed by atoms with Gasteiger partial charge in [-0.3, -0.25) is 14.7 Å². The molecule has 1 saturated heterocycles. The Morgan fingerprint density at radius 2 is 2.13 bits per heavy atom. The molecule has 1 N–H and O–H groups in total. The van der Waals surface area contributed by atoms with Gasteiger partial charge in [0.05, 0.1) is 29.1 Å². The molecule has 1 atom stereocenters. The number of halogens is 1. The van der Waals surface area contributed by atoms with Gasteiger partial charge in [-0.2, -0.15) is 5.26 Å². The van der Waals surface area contributed by atoms with Crippen molar-refractivity contribution >= 4 is 33.8 Å². The number of rotatable bonds is 3. The number of amides is 1. The molecule has 4 heterocycles. The monoisotopic (exact) mass is 424 g/mol. The highest BCUT2D eigenvalue weighted by atomic mass is 32.1. The van der Waals surface area contributed by atoms with Gasteiger partial charge in [0.15, 0.2) is 5.13 Å². The maximum absolute atomic E-state index is 15.0. The summed E-state index contributed by atoms with van der Waals surface area (Å²) < 4.78 is 15.0. The zero-order valence-corrected chi connectivity index (χ0v) is 17.2. The average molecular weight is 425 g/mol. The summed E-state index contributed by atoms with van der Waals surface area (Å²) in [6, 6.07) is 5.59. The Hall–Kier alpha value is -2.83. The number of carbonyl (C=O) groups excluding carboxylic acids is 1. The van der Waals surface area contributed by atoms with Crippen LogP contribution in [0.4, 0.5) is 15.2 Å². The van der Waals surface area contributed by atoms with Gasteiger partial charge in [0.1, 0.15) is 16.8 Å². The van der Waals surface area contributed by atoms with E-state index in [1.54, 1.807) is 12.3 Å². The average Bonchev–Trinajstić information content (AvgIpc) is 3.23. The number of benzene rings is 1. The first-order valence-corrected chi connectivity index (χ1v) is 11.0. The molecule has 7 nitrogen and oxygen atoms in total. The molecular weight excluding hydrogens is 403 g/mol. The van der Waals surface area contributed by atoms with Crippen LogP contribution >= 0.6 is 11.3 Å². The van der Waals surface area contributed by atoms with E-state index < -0.39 is 0 Å². The third-order valence-corrected chi connectivity index (χ3v) is 6.86. The Kier molecular flexibility index (Phi) is 4.97. The van der Waals surface area contributed by atoms with Crippen molar-refractivity contribution in [2.45, 2.75) is 19.4 Å². The van der Waals surface area contributed by atoms with Crippen molar-refractivity contribution in [2.75, 3.05) is 42.9 Å². The van der Waals surface area contributed by atoms with E-state index in [1.807, 2.05) is 6.07 Å². The fraction of sp³-hybridized carbons (Fsp3) is 0.429. The Labute approximate surface area is 177 Å². The fourth-order valence-corrected chi connectivity index (χ4v) is 5.17. The molecule has 1 aromatic carbocycles. The zero-order valence-electron chi connectivity index (χ0n) is 16.4. The van der Waals surface area contributed by atoms with Gasteiger partial charge in [0.25, 0.3) is 0 Å². The molecule has 1 fully saturated rings. The molecule has 2 aromatic rings. The smallest absolute Gasteiger partial charge is 0.233 e. The van der Waals surface area contributed by atoms with Crippen LogP contribution in [0.2, 0.25) is 0 Å². The van der Waals surface area contributed by atoms with Crippen LogP contribution in [0.1, 0.15) is 28.8 Å². The van der Waals surface area contributed by atoms with Crippen LogP contribution in [0, 0.1) is 23.1 Å². The fourth-order valence-electron chi connectivity index (χ4n) is 4.40. The molecule has 5 rings (SSSR count). The molecule has 3 aliphatic heterocycles. The Balaban J connectivity index is 1.29. The summed E-state index contributed by atoms with van der Waals surface area (Å²) >= 11 is 1.41. The maximum Gasteiger partial charge on any atom is 0.233 e. The van der Waals surface area contributed by atoms with Crippen molar-refractivity contribution < 1.29 is 9.18 Å². The van der Waals surface area contributed by atoms with Crippen LogP contribution in [0.25, 0.3) is 0 Å². The van der Waals surface area contributed by atoms with Gasteiger partial charge < -0.3 is 10.2 Å². The molecule has 1 aromatic heterocycles. The number of nitrogens with zero attached hydrogens (tertiary/aromatic N) is 5. The standard InChI is InChI=1S/C21H21FN6OS/c22-16-8-13(9-17-18(16)19-15(20(29)26-17)2-1-3-24-19)12-27-4-6-28(7-5-27)21-25-11-14(10-23)30-21/h8-9,11,15H,1-7,12H2,(H,26,29). The predicted octanol–water partition coefficient (Wildman–Crippen LogP) is 2.63. The molecule has 3 aliphatic rings. The quantitative estimate of drug-likeness (QED) is 0.819. The molecule has 1 unspecified atom stereocenters. The first-order chi connectivity index (χ1) is 14.6. The van der Waals surface area contributed by atoms with Gasteiger partial charge >= 0.3 is 0 Å². The van der Waals surface area contributed by atoms with E-state index in [1.165, 1.54) is 11.3 Å². The number of piperazine rings is 1. The number of hydrogen-bond acceptors (Lipinski definition) is 7. The minimum absolute atomic E-state index is 0.0775. The van der Waals surface area contributed by atoms with E-state index in [0.29, 0.717) is 34.9 Å². The van der Waals surface area contributed by atoms with E-state index >= 15 is 4.39 Å². The predicted molar refractivity (Wildman–Crippen MR) is 113 cm³/mol. The summed E-state index contributed by atoms with van der Waals surface area (Å²) in [4.78, 5) is 26.3. The summed E-state index contributed by atoms with van der Waals surface area (Å²) in [6.45, 7) is 4.52. The molecule has 9 heteroatoms. The number of carbonyl (C=O) groups is 1. The van der Waals surface area contributed by atoms with Gasteiger partial charge in [0.2, 0.25) is 5.91 Å². The lowest BCUT2D eigenvalue weighted by atomic mass is 9.85. The van der Waals surface area contributed by atoms with Crippen LogP contribution in [-0.4, -0.2) is 54.2 Å². The third kappa shape index (κ3) is 3.46. The largest absolute Gasteiger partial charge is 0.345 e. The number of aromatic nitrogens is 1. The molecule has 0 radical (unpaired) electrons. The van der Waals surface area contributed by atoms with Crippen LogP contribution < -0.4 is 10.2 Å². The molecule has 0 bridgehead atoms. The molecule has 30 heavy (non-hydrogen) atoms. The highest BCUT2D eigenvalue weighted by molar-refractivity contribution is 7.16. The van der Waals surface area contributed by atoms with Crippen molar-refractivity contribution in [3.8, 4) is 6.07 Å². The second-order valence-corrected chi connectivity index (χ2v) is 8.84. The molecule has 0 aliphatic carbocycles. The van der Waals surface area contributed by atoms with Crippen molar-refractivity contribution in [3.05, 3.63) is 40.2 Å². The number of anilines is 2. The highest BCUT2D eigenvalue weighted by Gasteiger charge is 2.36. The summed E-state index contributed by atoms with van der Waals surface area (Å²) in [5.41, 5.74) is 2.45. The van der Waals surface area contributed by atoms with Crippen LogP contribution in [0.15, 0.2) is 23.3 Å². The number of thiazole rings is 1. The minimum atomic E-state index is -0.327. The molecule has 0 spiro atoms. The number of nitriles is 1. The van der Waals surface area contributed by atoms with Gasteiger partial charge in [-0.05, 0) is 30.5 Å². The Morgan fingerprint density at radius 1 is 1.30 bits per heavy atom. The first-order valence-electron chi connectivity index (χ1n) is 10.1. The van der Waals surface area contributed by atoms with Crippen LogP contribution in [-0.2, 0) is 11.3 Å². The van der Waals surface area contributed by atoms with E-state index in [4.69, 9.17) is 5.26 Å². The van der Waals surface area contributed by atoms with Gasteiger partial charge in [-0.25, -0.2) is 9.37 Å².